The molecule has 6 saturated heterocycles. The molecule has 7 fully saturated rings. The normalized spacial score (nSPS) is 23.7. The molecule has 3 unspecified atom stereocenters. The molecule has 6 aliphatic heterocycles. The average molecular weight is 1020 g/mol. The highest BCUT2D eigenvalue weighted by Crippen LogP contribution is 2.48. The Hall–Kier alpha value is -6.81. The summed E-state index contributed by atoms with van der Waals surface area (Å²) in [5.41, 5.74) is 2.91. The van der Waals surface area contributed by atoms with Crippen LogP contribution in [0.4, 0.5) is 14.6 Å². The fraction of sp³-hybridized carbons (Fsp3) is 0.491. The van der Waals surface area contributed by atoms with E-state index >= 15 is 8.78 Å². The Kier molecular flexibility index (Phi) is 12.0. The summed E-state index contributed by atoms with van der Waals surface area (Å²) in [4.78, 5) is 61.7. The van der Waals surface area contributed by atoms with Gasteiger partial charge in [-0.05, 0) is 112 Å². The molecule has 3 aromatic carbocycles. The van der Waals surface area contributed by atoms with E-state index in [0.29, 0.717) is 73.2 Å². The molecule has 7 aliphatic rings. The van der Waals surface area contributed by atoms with Crippen molar-refractivity contribution in [2.24, 2.45) is 18.4 Å². The zero-order chi connectivity index (χ0) is 51.3. The van der Waals surface area contributed by atoms with Crippen LogP contribution in [0.1, 0.15) is 92.9 Å². The summed E-state index contributed by atoms with van der Waals surface area (Å²) in [7, 11) is 1.90. The minimum Gasteiger partial charge on any atom is -0.508 e. The van der Waals surface area contributed by atoms with Crippen LogP contribution in [0.2, 0.25) is 0 Å². The summed E-state index contributed by atoms with van der Waals surface area (Å²) >= 11 is 0. The number of likely N-dealkylation sites (tertiary alicyclic amines) is 3. The monoisotopic (exact) mass is 1020 g/mol. The first kappa shape index (κ1) is 47.9. The number of anilines is 1. The second-order valence-electron chi connectivity index (χ2n) is 22.5. The molecule has 13 rings (SSSR count). The van der Waals surface area contributed by atoms with Gasteiger partial charge in [0, 0.05) is 105 Å². The topological polar surface area (TPSA) is 174 Å². The predicted octanol–water partition coefficient (Wildman–Crippen LogP) is 6.12. The molecule has 3 aromatic heterocycles. The van der Waals surface area contributed by atoms with Gasteiger partial charge in [0.15, 0.2) is 5.82 Å². The van der Waals surface area contributed by atoms with Gasteiger partial charge in [-0.15, -0.1) is 6.42 Å². The van der Waals surface area contributed by atoms with Crippen molar-refractivity contribution < 1.29 is 33.0 Å². The SMILES string of the molecule is C#Cc1c(F)ccc2cc(O)cc(-c3ncc4c(N5CC6CCC(C5)N6)nc(OCC5(CN6CCC(N7CC(C(=O)N8CCC(c9ccc%10c(C%11CCC(=O)NC%11=O)nn(C)c%10c9)CC8)C7)CC6)CC5)nc4c3F)c12. The molecule has 1 saturated carbocycles. The number of carbonyl (C=O) groups excluding carboxylic acids is 3. The number of terminal acetylenes is 1. The maximum atomic E-state index is 17.2. The van der Waals surface area contributed by atoms with Crippen molar-refractivity contribution in [1.82, 2.24) is 50.1 Å². The minimum atomic E-state index is -0.734. The molecular weight excluding hydrogens is 957 g/mol. The van der Waals surface area contributed by atoms with Crippen LogP contribution in [0.5, 0.6) is 11.8 Å². The third-order valence-electron chi connectivity index (χ3n) is 17.7. The fourth-order valence-corrected chi connectivity index (χ4v) is 13.3. The van der Waals surface area contributed by atoms with E-state index in [1.54, 1.807) is 6.20 Å². The molecule has 2 bridgehead atoms. The van der Waals surface area contributed by atoms with Gasteiger partial charge in [-0.25, -0.2) is 8.78 Å². The molecule has 0 radical (unpaired) electrons. The van der Waals surface area contributed by atoms with E-state index in [1.165, 1.54) is 29.8 Å². The zero-order valence-electron chi connectivity index (χ0n) is 42.2. The van der Waals surface area contributed by atoms with Crippen molar-refractivity contribution in [3.8, 4) is 35.4 Å². The van der Waals surface area contributed by atoms with Crippen molar-refractivity contribution in [1.29, 1.82) is 0 Å². The Balaban J connectivity index is 0.625. The number of benzene rings is 3. The number of phenols is 1. The van der Waals surface area contributed by atoms with Gasteiger partial charge in [-0.1, -0.05) is 24.1 Å². The van der Waals surface area contributed by atoms with Gasteiger partial charge in [0.1, 0.15) is 28.6 Å². The molecule has 0 spiro atoms. The van der Waals surface area contributed by atoms with Crippen molar-refractivity contribution in [3.63, 3.8) is 0 Å². The number of amides is 3. The number of aryl methyl sites for hydroxylation is 1. The first-order valence-electron chi connectivity index (χ1n) is 26.9. The van der Waals surface area contributed by atoms with Crippen LogP contribution in [0, 0.1) is 35.3 Å². The molecule has 3 N–H and O–H groups in total. The van der Waals surface area contributed by atoms with Crippen LogP contribution in [0.15, 0.2) is 48.7 Å². The predicted molar refractivity (Wildman–Crippen MR) is 278 cm³/mol. The van der Waals surface area contributed by atoms with Gasteiger partial charge in [-0.2, -0.15) is 15.1 Å². The average Bonchev–Trinajstić information content (AvgIpc) is 3.98. The van der Waals surface area contributed by atoms with E-state index in [4.69, 9.17) is 26.2 Å². The van der Waals surface area contributed by atoms with Crippen molar-refractivity contribution in [3.05, 3.63) is 77.1 Å². The third-order valence-corrected chi connectivity index (χ3v) is 17.7. The Morgan fingerprint density at radius 2 is 1.69 bits per heavy atom. The number of piperidine rings is 3. The van der Waals surface area contributed by atoms with E-state index in [2.05, 4.69) is 59.3 Å². The first-order chi connectivity index (χ1) is 36.4. The summed E-state index contributed by atoms with van der Waals surface area (Å²) in [6.07, 6.45) is 16.1. The van der Waals surface area contributed by atoms with Gasteiger partial charge in [0.05, 0.1) is 40.6 Å². The van der Waals surface area contributed by atoms with Crippen LogP contribution >= 0.6 is 0 Å². The minimum absolute atomic E-state index is 0.0354. The Morgan fingerprint density at radius 3 is 2.43 bits per heavy atom. The van der Waals surface area contributed by atoms with Crippen LogP contribution in [0.25, 0.3) is 43.8 Å². The van der Waals surface area contributed by atoms with E-state index in [0.717, 1.165) is 114 Å². The third kappa shape index (κ3) is 8.79. The lowest BCUT2D eigenvalue weighted by atomic mass is 9.86. The molecule has 75 heavy (non-hydrogen) atoms. The number of halogens is 2. The number of phenolic OH excluding ortho intramolecular Hbond substituents is 1. The number of nitrogens with zero attached hydrogens (tertiary/aromatic N) is 9. The molecule has 18 heteroatoms. The highest BCUT2D eigenvalue weighted by molar-refractivity contribution is 6.04. The van der Waals surface area contributed by atoms with E-state index in [-0.39, 0.29) is 68.5 Å². The lowest BCUT2D eigenvalue weighted by Crippen LogP contribution is -2.60. The number of hydrogen-bond donors (Lipinski definition) is 3. The van der Waals surface area contributed by atoms with Gasteiger partial charge in [0.25, 0.3) is 0 Å². The summed E-state index contributed by atoms with van der Waals surface area (Å²) in [5.74, 6) is 1.19. The number of rotatable bonds is 11. The number of ether oxygens (including phenoxy) is 1. The van der Waals surface area contributed by atoms with Crippen molar-refractivity contribution in [2.75, 3.05) is 70.4 Å². The zero-order valence-corrected chi connectivity index (χ0v) is 42.2. The van der Waals surface area contributed by atoms with E-state index in [9.17, 15) is 19.5 Å². The lowest BCUT2D eigenvalue weighted by molar-refractivity contribution is -0.144. The lowest BCUT2D eigenvalue weighted by Gasteiger charge is -2.48. The fourth-order valence-electron chi connectivity index (χ4n) is 13.3. The van der Waals surface area contributed by atoms with E-state index < -0.39 is 17.6 Å². The van der Waals surface area contributed by atoms with Crippen LogP contribution in [0.3, 0.4) is 0 Å². The van der Waals surface area contributed by atoms with Gasteiger partial charge in [0.2, 0.25) is 17.7 Å². The summed E-state index contributed by atoms with van der Waals surface area (Å²) in [6.45, 7) is 7.72. The van der Waals surface area contributed by atoms with Crippen molar-refractivity contribution >= 4 is 56.1 Å². The number of carbonyl (C=O) groups is 3. The first-order valence-corrected chi connectivity index (χ1v) is 26.9. The van der Waals surface area contributed by atoms with Gasteiger partial charge in [-0.3, -0.25) is 34.3 Å². The largest absolute Gasteiger partial charge is 0.508 e. The molecular formula is C57H61F2N11O5. The number of aromatic hydroxyl groups is 1. The second-order valence-corrected chi connectivity index (χ2v) is 22.5. The second kappa shape index (κ2) is 18.8. The number of piperazine rings is 1. The molecule has 9 heterocycles. The summed E-state index contributed by atoms with van der Waals surface area (Å²) in [5, 5.41) is 23.7. The molecule has 3 amide bonds. The Labute approximate surface area is 433 Å². The number of fused-ring (bicyclic) bond motifs is 5. The van der Waals surface area contributed by atoms with Crippen LogP contribution in [-0.4, -0.2) is 146 Å². The van der Waals surface area contributed by atoms with Gasteiger partial charge >= 0.3 is 6.01 Å². The number of imide groups is 1. The Morgan fingerprint density at radius 1 is 0.920 bits per heavy atom. The number of pyridine rings is 1. The van der Waals surface area contributed by atoms with Crippen molar-refractivity contribution in [2.45, 2.75) is 94.2 Å². The van der Waals surface area contributed by atoms with E-state index in [1.807, 2.05) is 11.7 Å². The summed E-state index contributed by atoms with van der Waals surface area (Å²) in [6, 6.07) is 13.1. The summed E-state index contributed by atoms with van der Waals surface area (Å²) < 4.78 is 40.6. The maximum absolute atomic E-state index is 17.2. The highest BCUT2D eigenvalue weighted by Gasteiger charge is 2.47. The smallest absolute Gasteiger partial charge is 0.319 e. The molecule has 3 atom stereocenters. The molecule has 16 nitrogen and oxygen atoms in total. The highest BCUT2D eigenvalue weighted by atomic mass is 19.1. The Bertz CT molecular complexity index is 3340. The molecule has 1 aliphatic carbocycles. The van der Waals surface area contributed by atoms with Crippen LogP contribution in [-0.2, 0) is 21.4 Å². The van der Waals surface area contributed by atoms with Crippen LogP contribution < -0.4 is 20.3 Å². The molecule has 388 valence electrons. The number of hydrogen-bond acceptors (Lipinski definition) is 13. The number of aromatic nitrogens is 5. The molecule has 6 aromatic rings. The quantitative estimate of drug-likeness (QED) is 0.100. The standard InChI is InChI=1S/C57H61F2N11O5/c1-3-40-45(58)10-5-34-22-39(71)24-43(48(34)40)51-49(59)52-44(25-60-51)53(70-28-36-6-7-37(29-70)61-36)64-56(63-52)75-31-57(16-17-57)30-67-18-14-38(15-19-67)69-26-35(27-69)55(74)68-20-12-32(13-21-68)33-4-8-41-46(23-33)66(2)65-50(41)42-9-11-47(72)62-54(42)73/h1,4-5,8,10,22-25,32,35-38,42,61,71H,6-7,9,11-21,26-31H2,2H3,(H,62,72,73). The number of nitrogens with one attached hydrogen (secondary N) is 2. The van der Waals surface area contributed by atoms with Gasteiger partial charge < -0.3 is 29.9 Å². The maximum Gasteiger partial charge on any atom is 0.319 e.